The first-order valence-corrected chi connectivity index (χ1v) is 13.9. The van der Waals surface area contributed by atoms with Gasteiger partial charge in [0.15, 0.2) is 23.9 Å². The van der Waals surface area contributed by atoms with E-state index in [1.165, 1.54) is 38.6 Å². The van der Waals surface area contributed by atoms with E-state index in [0.29, 0.717) is 32.8 Å². The lowest BCUT2D eigenvalue weighted by Gasteiger charge is -2.15. The molecule has 0 atom stereocenters. The number of hydrogen-bond donors (Lipinski definition) is 1. The van der Waals surface area contributed by atoms with Gasteiger partial charge in [0.2, 0.25) is 11.6 Å². The zero-order chi connectivity index (χ0) is 31.5. The van der Waals surface area contributed by atoms with Crippen LogP contribution in [0.1, 0.15) is 5.56 Å². The van der Waals surface area contributed by atoms with Crippen LogP contribution in [0.4, 0.5) is 10.1 Å². The van der Waals surface area contributed by atoms with Gasteiger partial charge in [0, 0.05) is 16.0 Å². The second kappa shape index (κ2) is 12.5. The Morgan fingerprint density at radius 2 is 1.76 bits per heavy atom. The van der Waals surface area contributed by atoms with Gasteiger partial charge in [-0.1, -0.05) is 35.9 Å². The number of anilines is 1. The van der Waals surface area contributed by atoms with E-state index in [-0.39, 0.29) is 28.8 Å². The van der Waals surface area contributed by atoms with Crippen molar-refractivity contribution in [3.63, 3.8) is 0 Å². The van der Waals surface area contributed by atoms with Crippen LogP contribution < -0.4 is 25.1 Å². The molecule has 0 radical (unpaired) electrons. The number of benzene rings is 4. The second-order valence-corrected chi connectivity index (χ2v) is 10.1. The van der Waals surface area contributed by atoms with Crippen LogP contribution in [-0.4, -0.2) is 42.6 Å². The van der Waals surface area contributed by atoms with E-state index >= 15 is 0 Å². The summed E-state index contributed by atoms with van der Waals surface area (Å²) in [6.45, 7) is -0.446. The number of hydrogen-bond acceptors (Lipinski definition) is 8. The zero-order valence-corrected chi connectivity index (χ0v) is 24.7. The van der Waals surface area contributed by atoms with Crippen molar-refractivity contribution in [2.75, 3.05) is 26.1 Å². The van der Waals surface area contributed by atoms with E-state index in [9.17, 15) is 14.0 Å². The highest BCUT2D eigenvalue weighted by Crippen LogP contribution is 2.38. The molecule has 0 aliphatic rings. The Morgan fingerprint density at radius 3 is 2.51 bits per heavy atom. The van der Waals surface area contributed by atoms with Gasteiger partial charge in [-0.3, -0.25) is 9.59 Å². The van der Waals surface area contributed by atoms with E-state index in [0.717, 1.165) is 10.1 Å². The molecule has 45 heavy (non-hydrogen) atoms. The van der Waals surface area contributed by atoms with Gasteiger partial charge in [0.1, 0.15) is 11.4 Å². The van der Waals surface area contributed by atoms with E-state index in [2.05, 4.69) is 15.4 Å². The highest BCUT2D eigenvalue weighted by molar-refractivity contribution is 6.31. The number of rotatable bonds is 9. The molecule has 4 aromatic carbocycles. The third kappa shape index (κ3) is 6.06. The summed E-state index contributed by atoms with van der Waals surface area (Å²) >= 11 is 6.16. The number of ether oxygens (including phenoxy) is 3. The highest BCUT2D eigenvalue weighted by atomic mass is 35.5. The molecule has 0 aliphatic heterocycles. The summed E-state index contributed by atoms with van der Waals surface area (Å²) in [7, 11) is 2.84. The molecular formula is C33H24ClFN4O6. The van der Waals surface area contributed by atoms with Crippen LogP contribution in [0.25, 0.3) is 33.5 Å². The van der Waals surface area contributed by atoms with Gasteiger partial charge in [-0.05, 0) is 60.7 Å². The first kappa shape index (κ1) is 29.4. The largest absolute Gasteiger partial charge is 0.493 e. The van der Waals surface area contributed by atoms with Gasteiger partial charge in [0.25, 0.3) is 11.5 Å². The quantitative estimate of drug-likeness (QED) is 0.182. The lowest BCUT2D eigenvalue weighted by Crippen LogP contribution is -2.21. The molecule has 6 rings (SSSR count). The monoisotopic (exact) mass is 626 g/mol. The number of nitrogens with one attached hydrogen (secondary N) is 1. The molecule has 0 saturated heterocycles. The van der Waals surface area contributed by atoms with Crippen molar-refractivity contribution in [1.82, 2.24) is 9.66 Å². The van der Waals surface area contributed by atoms with E-state index in [1.54, 1.807) is 66.7 Å². The molecule has 0 spiro atoms. The molecule has 226 valence electrons. The Hall–Kier alpha value is -5.68. The van der Waals surface area contributed by atoms with Gasteiger partial charge in [-0.25, -0.2) is 9.37 Å². The number of halogens is 2. The molecule has 0 unspecified atom stereocenters. The Labute approximate surface area is 260 Å². The number of carbonyl (C=O) groups is 1. The van der Waals surface area contributed by atoms with Crippen molar-refractivity contribution in [2.45, 2.75) is 0 Å². The summed E-state index contributed by atoms with van der Waals surface area (Å²) < 4.78 is 37.8. The van der Waals surface area contributed by atoms with Gasteiger partial charge < -0.3 is 23.9 Å². The minimum absolute atomic E-state index is 0.0285. The molecule has 1 N–H and O–H groups in total. The van der Waals surface area contributed by atoms with Crippen LogP contribution in [0.3, 0.4) is 0 Å². The second-order valence-electron chi connectivity index (χ2n) is 9.68. The first-order chi connectivity index (χ1) is 21.8. The predicted molar refractivity (Wildman–Crippen MR) is 169 cm³/mol. The average Bonchev–Trinajstić information content (AvgIpc) is 3.47. The van der Waals surface area contributed by atoms with Crippen molar-refractivity contribution < 1.29 is 27.8 Å². The van der Waals surface area contributed by atoms with Crippen LogP contribution in [0.5, 0.6) is 17.2 Å². The number of carbonyl (C=O) groups excluding carboxylic acids is 1. The molecule has 10 nitrogen and oxygen atoms in total. The molecule has 0 fully saturated rings. The predicted octanol–water partition coefficient (Wildman–Crippen LogP) is 6.52. The van der Waals surface area contributed by atoms with Crippen molar-refractivity contribution in [3.8, 4) is 28.8 Å². The molecule has 2 heterocycles. The summed E-state index contributed by atoms with van der Waals surface area (Å²) in [6.07, 6.45) is 1.43. The summed E-state index contributed by atoms with van der Waals surface area (Å²) in [6, 6.07) is 22.9. The molecule has 1 amide bonds. The fourth-order valence-corrected chi connectivity index (χ4v) is 4.82. The van der Waals surface area contributed by atoms with Crippen LogP contribution in [0, 0.1) is 5.82 Å². The minimum Gasteiger partial charge on any atom is -0.493 e. The molecule has 2 aromatic heterocycles. The zero-order valence-electron chi connectivity index (χ0n) is 23.9. The number of furan rings is 1. The summed E-state index contributed by atoms with van der Waals surface area (Å²) in [5.41, 5.74) is 1.14. The Balaban J connectivity index is 1.34. The third-order valence-electron chi connectivity index (χ3n) is 6.75. The lowest BCUT2D eigenvalue weighted by atomic mass is 10.2. The normalized spacial score (nSPS) is 11.3. The Bertz CT molecular complexity index is 2130. The average molecular weight is 627 g/mol. The van der Waals surface area contributed by atoms with E-state index in [1.807, 2.05) is 0 Å². The fourth-order valence-electron chi connectivity index (χ4n) is 4.64. The fraction of sp³-hybridized carbons (Fsp3) is 0.0909. The van der Waals surface area contributed by atoms with Crippen LogP contribution in [0.15, 0.2) is 99.2 Å². The van der Waals surface area contributed by atoms with Gasteiger partial charge in [-0.15, -0.1) is 0 Å². The number of nitrogens with zero attached hydrogens (tertiary/aromatic N) is 3. The first-order valence-electron chi connectivity index (χ1n) is 13.5. The van der Waals surface area contributed by atoms with E-state index < -0.39 is 23.9 Å². The molecule has 0 bridgehead atoms. The summed E-state index contributed by atoms with van der Waals surface area (Å²) in [4.78, 5) is 30.8. The molecule has 0 saturated carbocycles. The van der Waals surface area contributed by atoms with Gasteiger partial charge >= 0.3 is 0 Å². The number of amides is 1. The maximum atomic E-state index is 13.9. The summed E-state index contributed by atoms with van der Waals surface area (Å²) in [5, 5.41) is 8.58. The van der Waals surface area contributed by atoms with E-state index in [4.69, 9.17) is 30.2 Å². The highest BCUT2D eigenvalue weighted by Gasteiger charge is 2.19. The number of aromatic nitrogens is 2. The van der Waals surface area contributed by atoms with Crippen molar-refractivity contribution in [2.24, 2.45) is 5.10 Å². The number of para-hydroxylation sites is 2. The van der Waals surface area contributed by atoms with Crippen molar-refractivity contribution in [3.05, 3.63) is 112 Å². The van der Waals surface area contributed by atoms with Crippen LogP contribution >= 0.6 is 11.6 Å². The molecule has 12 heteroatoms. The number of methoxy groups -OCH3 is 2. The van der Waals surface area contributed by atoms with Crippen LogP contribution in [0.2, 0.25) is 5.02 Å². The molecule has 0 aliphatic carbocycles. The molecule has 6 aromatic rings. The third-order valence-corrected chi connectivity index (χ3v) is 6.99. The Morgan fingerprint density at radius 1 is 1.02 bits per heavy atom. The molecular weight excluding hydrogens is 603 g/mol. The van der Waals surface area contributed by atoms with Gasteiger partial charge in [-0.2, -0.15) is 9.78 Å². The standard InChI is InChI=1S/C33H24ClFN4O6/c1-42-27-13-19(14-28(43-2)31(27)44-18-30(40)37-25-10-6-4-8-23(25)35)17-36-39-32(38-24-9-5-3-7-22(24)33(39)41)29-16-20-15-21(34)11-12-26(20)45-29/h3-17H,18H2,1-2H3,(H,37,40). The van der Waals surface area contributed by atoms with Crippen molar-refractivity contribution in [1.29, 1.82) is 0 Å². The lowest BCUT2D eigenvalue weighted by molar-refractivity contribution is -0.118. The smallest absolute Gasteiger partial charge is 0.282 e. The maximum Gasteiger partial charge on any atom is 0.282 e. The SMILES string of the molecule is COc1cc(C=Nn2c(-c3cc4cc(Cl)ccc4o3)nc3ccccc3c2=O)cc(OC)c1OCC(=O)Nc1ccccc1F. The Kier molecular flexibility index (Phi) is 8.17. The van der Waals surface area contributed by atoms with Crippen molar-refractivity contribution >= 4 is 51.3 Å². The number of fused-ring (bicyclic) bond motifs is 2. The maximum absolute atomic E-state index is 13.9. The topological polar surface area (TPSA) is 117 Å². The summed E-state index contributed by atoms with van der Waals surface area (Å²) in [5.74, 6) is -0.0498. The minimum atomic E-state index is -0.585. The van der Waals surface area contributed by atoms with Gasteiger partial charge in [0.05, 0.1) is 37.0 Å². The van der Waals surface area contributed by atoms with Crippen LogP contribution in [-0.2, 0) is 4.79 Å².